The molecule has 1 N–H and O–H groups in total. The molecule has 1 fully saturated rings. The van der Waals surface area contributed by atoms with E-state index in [1.54, 1.807) is 12.1 Å². The largest absolute Gasteiger partial charge is 0.321 e. The molecular weight excluding hydrogens is 430 g/mol. The Bertz CT molecular complexity index is 1260. The normalized spacial score (nSPS) is 16.9. The average Bonchev–Trinajstić information content (AvgIpc) is 3.13. The zero-order valence-electron chi connectivity index (χ0n) is 18.4. The van der Waals surface area contributed by atoms with E-state index in [1.165, 1.54) is 16.7 Å². The highest BCUT2D eigenvalue weighted by atomic mass is 32.2. The number of nitriles is 1. The fourth-order valence-corrected chi connectivity index (χ4v) is 4.99. The van der Waals surface area contributed by atoms with Gasteiger partial charge in [0.25, 0.3) is 5.91 Å². The van der Waals surface area contributed by atoms with Gasteiger partial charge in [0, 0.05) is 11.4 Å². The van der Waals surface area contributed by atoms with Gasteiger partial charge in [-0.1, -0.05) is 72.4 Å². The van der Waals surface area contributed by atoms with Crippen molar-refractivity contribution in [3.63, 3.8) is 0 Å². The zero-order valence-corrected chi connectivity index (χ0v) is 19.2. The van der Waals surface area contributed by atoms with Crippen molar-refractivity contribution in [1.82, 2.24) is 0 Å². The van der Waals surface area contributed by atoms with Crippen molar-refractivity contribution >= 4 is 35.0 Å². The molecule has 0 aliphatic carbocycles. The third kappa shape index (κ3) is 4.84. The predicted octanol–water partition coefficient (Wildman–Crippen LogP) is 5.37. The van der Waals surface area contributed by atoms with Crippen molar-refractivity contribution in [3.8, 4) is 6.07 Å². The number of rotatable bonds is 5. The molecule has 3 aromatic rings. The molecule has 3 aromatic carbocycles. The van der Waals surface area contributed by atoms with Crippen molar-refractivity contribution in [1.29, 1.82) is 5.26 Å². The number of amides is 2. The van der Waals surface area contributed by atoms with Gasteiger partial charge in [-0.3, -0.25) is 14.5 Å². The third-order valence-corrected chi connectivity index (χ3v) is 6.69. The Labute approximate surface area is 197 Å². The minimum absolute atomic E-state index is 0.0753. The molecule has 164 valence electrons. The van der Waals surface area contributed by atoms with Gasteiger partial charge < -0.3 is 5.32 Å². The Morgan fingerprint density at radius 1 is 1.03 bits per heavy atom. The van der Waals surface area contributed by atoms with Gasteiger partial charge in [-0.25, -0.2) is 0 Å². The molecule has 1 heterocycles. The van der Waals surface area contributed by atoms with E-state index in [-0.39, 0.29) is 11.5 Å². The molecule has 1 atom stereocenters. The number of carbonyl (C=O) groups excluding carboxylic acids is 2. The third-order valence-electron chi connectivity index (χ3n) is 5.43. The molecule has 4 rings (SSSR count). The molecule has 1 saturated heterocycles. The Morgan fingerprint density at radius 3 is 2.36 bits per heavy atom. The molecule has 2 amide bonds. The van der Waals surface area contributed by atoms with Crippen LogP contribution in [0.15, 0.2) is 89.5 Å². The van der Waals surface area contributed by atoms with Crippen LogP contribution in [-0.4, -0.2) is 17.1 Å². The fraction of sp³-hybridized carbons (Fsp3) is 0.148. The highest BCUT2D eigenvalue weighted by molar-refractivity contribution is 8.05. The van der Waals surface area contributed by atoms with Crippen molar-refractivity contribution in [3.05, 3.63) is 106 Å². The minimum atomic E-state index is -0.525. The fourth-order valence-electron chi connectivity index (χ4n) is 3.68. The number of nitrogens with one attached hydrogen (secondary N) is 1. The van der Waals surface area contributed by atoms with Gasteiger partial charge in [0.05, 0.1) is 5.25 Å². The highest BCUT2D eigenvalue weighted by Crippen LogP contribution is 2.42. The number of aryl methyl sites for hydroxylation is 2. The van der Waals surface area contributed by atoms with Crippen molar-refractivity contribution in [2.24, 2.45) is 0 Å². The maximum Gasteiger partial charge on any atom is 0.269 e. The van der Waals surface area contributed by atoms with Crippen molar-refractivity contribution in [2.75, 3.05) is 10.2 Å². The van der Waals surface area contributed by atoms with E-state index in [9.17, 15) is 14.9 Å². The number of hydrogen-bond donors (Lipinski definition) is 1. The first-order chi connectivity index (χ1) is 16.0. The molecule has 0 radical (unpaired) electrons. The molecule has 5 nitrogen and oxygen atoms in total. The standard InChI is InChI=1S/C27H23N3O2S/c1-18-13-14-19(2)23(15-18)29-25(31)22(17-28)27-30(21-11-7-4-8-12-21)26(32)24(33-27)16-20-9-5-3-6-10-20/h3-15,24H,16H2,1-2H3,(H,29,31)/b27-22-/t24-/m1/s1. The second-order valence-electron chi connectivity index (χ2n) is 7.87. The summed E-state index contributed by atoms with van der Waals surface area (Å²) in [4.78, 5) is 28.2. The molecular formula is C27H23N3O2S. The summed E-state index contributed by atoms with van der Waals surface area (Å²) in [6.45, 7) is 3.84. The van der Waals surface area contributed by atoms with Crippen LogP contribution < -0.4 is 10.2 Å². The van der Waals surface area contributed by atoms with Crippen LogP contribution in [0.3, 0.4) is 0 Å². The van der Waals surface area contributed by atoms with Crippen LogP contribution in [0.2, 0.25) is 0 Å². The summed E-state index contributed by atoms with van der Waals surface area (Å²) in [6.07, 6.45) is 0.508. The zero-order chi connectivity index (χ0) is 23.4. The molecule has 0 saturated carbocycles. The average molecular weight is 454 g/mol. The lowest BCUT2D eigenvalue weighted by molar-refractivity contribution is -0.117. The molecule has 0 aromatic heterocycles. The maximum atomic E-state index is 13.5. The summed E-state index contributed by atoms with van der Waals surface area (Å²) in [7, 11) is 0. The summed E-state index contributed by atoms with van der Waals surface area (Å²) in [6, 6.07) is 26.7. The topological polar surface area (TPSA) is 73.2 Å². The van der Waals surface area contributed by atoms with E-state index >= 15 is 0 Å². The Balaban J connectivity index is 1.73. The first-order valence-corrected chi connectivity index (χ1v) is 11.5. The predicted molar refractivity (Wildman–Crippen MR) is 133 cm³/mol. The SMILES string of the molecule is Cc1ccc(C)c(NC(=O)/C(C#N)=C2\S[C@H](Cc3ccccc3)C(=O)N2c2ccccc2)c1. The monoisotopic (exact) mass is 453 g/mol. The Kier molecular flexibility index (Phi) is 6.62. The number of thioether (sulfide) groups is 1. The second kappa shape index (κ2) is 9.76. The molecule has 1 aliphatic heterocycles. The first-order valence-electron chi connectivity index (χ1n) is 10.6. The quantitative estimate of drug-likeness (QED) is 0.416. The van der Waals surface area contributed by atoms with Crippen LogP contribution in [0.5, 0.6) is 0 Å². The highest BCUT2D eigenvalue weighted by Gasteiger charge is 2.40. The van der Waals surface area contributed by atoms with Crippen LogP contribution in [0.1, 0.15) is 16.7 Å². The van der Waals surface area contributed by atoms with E-state index in [0.29, 0.717) is 22.8 Å². The molecule has 33 heavy (non-hydrogen) atoms. The van der Waals surface area contributed by atoms with Crippen LogP contribution >= 0.6 is 11.8 Å². The van der Waals surface area contributed by atoms with Gasteiger partial charge in [-0.05, 0) is 55.2 Å². The molecule has 1 aliphatic rings. The summed E-state index contributed by atoms with van der Waals surface area (Å²) in [5, 5.41) is 12.8. The van der Waals surface area contributed by atoms with Crippen LogP contribution in [0.25, 0.3) is 0 Å². The van der Waals surface area contributed by atoms with E-state index in [2.05, 4.69) is 11.4 Å². The lowest BCUT2D eigenvalue weighted by atomic mass is 10.1. The van der Waals surface area contributed by atoms with Crippen molar-refractivity contribution in [2.45, 2.75) is 25.5 Å². The number of hydrogen-bond acceptors (Lipinski definition) is 4. The maximum absolute atomic E-state index is 13.5. The van der Waals surface area contributed by atoms with E-state index < -0.39 is 11.2 Å². The number of para-hydroxylation sites is 1. The lowest BCUT2D eigenvalue weighted by Crippen LogP contribution is -2.30. The molecule has 0 bridgehead atoms. The Morgan fingerprint density at radius 2 is 1.70 bits per heavy atom. The van der Waals surface area contributed by atoms with E-state index in [1.807, 2.05) is 80.6 Å². The number of benzene rings is 3. The first kappa shape index (κ1) is 22.4. The number of carbonyl (C=O) groups is 2. The number of nitrogens with zero attached hydrogens (tertiary/aromatic N) is 2. The lowest BCUT2D eigenvalue weighted by Gasteiger charge is -2.19. The minimum Gasteiger partial charge on any atom is -0.321 e. The van der Waals surface area contributed by atoms with Gasteiger partial charge in [-0.15, -0.1) is 0 Å². The van der Waals surface area contributed by atoms with Gasteiger partial charge in [0.2, 0.25) is 5.91 Å². The van der Waals surface area contributed by atoms with Crippen LogP contribution in [0, 0.1) is 25.2 Å². The smallest absolute Gasteiger partial charge is 0.269 e. The van der Waals surface area contributed by atoms with E-state index in [0.717, 1.165) is 16.7 Å². The summed E-state index contributed by atoms with van der Waals surface area (Å²) in [5.41, 5.74) is 4.13. The van der Waals surface area contributed by atoms with Crippen LogP contribution in [-0.2, 0) is 16.0 Å². The molecule has 0 unspecified atom stereocenters. The van der Waals surface area contributed by atoms with E-state index in [4.69, 9.17) is 0 Å². The summed E-state index contributed by atoms with van der Waals surface area (Å²) >= 11 is 1.27. The van der Waals surface area contributed by atoms with Crippen LogP contribution in [0.4, 0.5) is 11.4 Å². The van der Waals surface area contributed by atoms with Gasteiger partial charge in [0.1, 0.15) is 16.7 Å². The van der Waals surface area contributed by atoms with Gasteiger partial charge in [-0.2, -0.15) is 5.26 Å². The number of anilines is 2. The molecule has 0 spiro atoms. The summed E-state index contributed by atoms with van der Waals surface area (Å²) in [5.74, 6) is -0.667. The second-order valence-corrected chi connectivity index (χ2v) is 9.06. The van der Waals surface area contributed by atoms with Gasteiger partial charge in [0.15, 0.2) is 0 Å². The van der Waals surface area contributed by atoms with Gasteiger partial charge >= 0.3 is 0 Å². The Hall–Kier alpha value is -3.82. The summed E-state index contributed by atoms with van der Waals surface area (Å²) < 4.78 is 0. The van der Waals surface area contributed by atoms with Crippen molar-refractivity contribution < 1.29 is 9.59 Å². The molecule has 6 heteroatoms.